The van der Waals surface area contributed by atoms with Gasteiger partial charge in [0.1, 0.15) is 23.9 Å². The third-order valence-corrected chi connectivity index (χ3v) is 7.34. The first-order valence-corrected chi connectivity index (χ1v) is 14.6. The first kappa shape index (κ1) is 33.6. The van der Waals surface area contributed by atoms with Crippen LogP contribution in [0.15, 0.2) is 65.7 Å². The first-order chi connectivity index (χ1) is 21.2. The average Bonchev–Trinajstić information content (AvgIpc) is 3.02. The predicted octanol–water partition coefficient (Wildman–Crippen LogP) is 0.630. The number of aldehydes is 1. The molecule has 0 aromatic heterocycles. The molecule has 1 aliphatic rings. The Bertz CT molecular complexity index is 1310. The molecule has 4 atom stereocenters. The van der Waals surface area contributed by atoms with E-state index in [-0.39, 0.29) is 18.8 Å². The molecule has 2 aromatic carbocycles. The van der Waals surface area contributed by atoms with E-state index in [2.05, 4.69) is 31.6 Å². The lowest BCUT2D eigenvalue weighted by atomic mass is 9.82. The number of nitrogens with zero attached hydrogens (tertiary/aromatic N) is 1. The molecule has 44 heavy (non-hydrogen) atoms. The highest BCUT2D eigenvalue weighted by Crippen LogP contribution is 2.21. The topological polar surface area (TPSA) is 204 Å². The van der Waals surface area contributed by atoms with E-state index in [1.807, 2.05) is 37.3 Å². The zero-order chi connectivity index (χ0) is 32.0. The number of urea groups is 1. The molecule has 3 rings (SSSR count). The summed E-state index contributed by atoms with van der Waals surface area (Å²) in [6, 6.07) is 14.5. The molecule has 0 radical (unpaired) electrons. The molecular weight excluding hydrogens is 566 g/mol. The SMILES string of the molecule is CCCC[C@@H](NC(=O)CNC(=O)N[C@@H](Cc1ccccc1)C(=O)O)C(=O)N[C@](C=O)(Cc1ccccc1)[C@@H]1CCN=C(N)N1. The number of carboxylic acids is 1. The van der Waals surface area contributed by atoms with Gasteiger partial charge in [0.2, 0.25) is 11.8 Å². The lowest BCUT2D eigenvalue weighted by Crippen LogP contribution is -2.68. The summed E-state index contributed by atoms with van der Waals surface area (Å²) in [7, 11) is 0. The minimum Gasteiger partial charge on any atom is -0.480 e. The second-order valence-corrected chi connectivity index (χ2v) is 10.7. The minimum absolute atomic E-state index is 0.0594. The number of aliphatic imine (C=N–C) groups is 1. The van der Waals surface area contributed by atoms with Gasteiger partial charge in [-0.25, -0.2) is 9.59 Å². The zero-order valence-electron chi connectivity index (χ0n) is 24.8. The van der Waals surface area contributed by atoms with Crippen LogP contribution in [0.2, 0.25) is 0 Å². The molecule has 1 heterocycles. The van der Waals surface area contributed by atoms with Crippen LogP contribution in [0.5, 0.6) is 0 Å². The van der Waals surface area contributed by atoms with Gasteiger partial charge in [0.05, 0.1) is 12.6 Å². The summed E-state index contributed by atoms with van der Waals surface area (Å²) in [5, 5.41) is 22.8. The number of carbonyl (C=O) groups is 5. The Hall–Kier alpha value is -4.94. The van der Waals surface area contributed by atoms with Gasteiger partial charge in [-0.15, -0.1) is 0 Å². The largest absolute Gasteiger partial charge is 0.480 e. The smallest absolute Gasteiger partial charge is 0.326 e. The van der Waals surface area contributed by atoms with E-state index in [1.54, 1.807) is 30.3 Å². The summed E-state index contributed by atoms with van der Waals surface area (Å²) in [6.07, 6.45) is 3.03. The van der Waals surface area contributed by atoms with Gasteiger partial charge in [-0.1, -0.05) is 80.4 Å². The molecule has 0 saturated heterocycles. The average molecular weight is 608 g/mol. The van der Waals surface area contributed by atoms with Crippen LogP contribution >= 0.6 is 0 Å². The molecule has 0 saturated carbocycles. The second kappa shape index (κ2) is 16.6. The van der Waals surface area contributed by atoms with E-state index in [0.717, 1.165) is 17.5 Å². The van der Waals surface area contributed by atoms with Crippen LogP contribution < -0.4 is 32.3 Å². The van der Waals surface area contributed by atoms with Gasteiger partial charge in [0.25, 0.3) is 0 Å². The third-order valence-electron chi connectivity index (χ3n) is 7.34. The molecular formula is C31H41N7O6. The standard InChI is InChI=1S/C31H41N7O6/c1-2-3-14-23(35-26(40)19-34-30(44)36-24(28(42)43)17-21-10-6-4-7-11-21)27(41)38-31(20-39,18-22-12-8-5-9-13-22)25-15-16-33-29(32)37-25/h4-13,20,23-25H,2-3,14-19H2,1H3,(H,35,40)(H,38,41)(H,42,43)(H3,32,33,37)(H2,34,36,44)/t23-,24+,25+,31+/m1/s1. The summed E-state index contributed by atoms with van der Waals surface area (Å²) in [4.78, 5) is 67.5. The Labute approximate surface area is 256 Å². The number of hydrogen-bond donors (Lipinski definition) is 7. The van der Waals surface area contributed by atoms with Crippen molar-refractivity contribution in [2.45, 2.75) is 69.1 Å². The number of amides is 4. The summed E-state index contributed by atoms with van der Waals surface area (Å²) in [6.45, 7) is 1.82. The van der Waals surface area contributed by atoms with Gasteiger partial charge in [0, 0.05) is 19.4 Å². The van der Waals surface area contributed by atoms with Gasteiger partial charge >= 0.3 is 12.0 Å². The molecule has 4 amide bonds. The van der Waals surface area contributed by atoms with Crippen LogP contribution in [0.1, 0.15) is 43.7 Å². The molecule has 0 spiro atoms. The molecule has 13 nitrogen and oxygen atoms in total. The number of rotatable bonds is 16. The Balaban J connectivity index is 1.67. The fourth-order valence-electron chi connectivity index (χ4n) is 5.00. The van der Waals surface area contributed by atoms with E-state index in [1.165, 1.54) is 0 Å². The fraction of sp³-hybridized carbons (Fsp3) is 0.419. The van der Waals surface area contributed by atoms with Crippen LogP contribution in [-0.2, 0) is 32.0 Å². The van der Waals surface area contributed by atoms with Gasteiger partial charge < -0.3 is 42.2 Å². The summed E-state index contributed by atoms with van der Waals surface area (Å²) >= 11 is 0. The highest BCUT2D eigenvalue weighted by Gasteiger charge is 2.43. The van der Waals surface area contributed by atoms with Crippen LogP contribution in [0, 0.1) is 0 Å². The fourth-order valence-corrected chi connectivity index (χ4v) is 5.00. The normalized spacial score (nSPS) is 16.9. The van der Waals surface area contributed by atoms with E-state index in [4.69, 9.17) is 5.73 Å². The molecule has 8 N–H and O–H groups in total. The number of carboxylic acid groups (broad SMARTS) is 1. The van der Waals surface area contributed by atoms with E-state index in [9.17, 15) is 29.1 Å². The maximum absolute atomic E-state index is 13.7. The van der Waals surface area contributed by atoms with Crippen molar-refractivity contribution in [1.82, 2.24) is 26.6 Å². The summed E-state index contributed by atoms with van der Waals surface area (Å²) < 4.78 is 0. The van der Waals surface area contributed by atoms with E-state index >= 15 is 0 Å². The second-order valence-electron chi connectivity index (χ2n) is 10.7. The van der Waals surface area contributed by atoms with Crippen molar-refractivity contribution >= 4 is 36.1 Å². The number of guanidine groups is 1. The molecule has 236 valence electrons. The summed E-state index contributed by atoms with van der Waals surface area (Å²) in [5.41, 5.74) is 6.06. The minimum atomic E-state index is -1.39. The Morgan fingerprint density at radius 2 is 1.70 bits per heavy atom. The highest BCUT2D eigenvalue weighted by atomic mass is 16.4. The first-order valence-electron chi connectivity index (χ1n) is 14.6. The van der Waals surface area contributed by atoms with Gasteiger partial charge in [0.15, 0.2) is 5.96 Å². The van der Waals surface area contributed by atoms with E-state index < -0.39 is 54.0 Å². The quantitative estimate of drug-likeness (QED) is 0.135. The van der Waals surface area contributed by atoms with Crippen molar-refractivity contribution in [2.24, 2.45) is 10.7 Å². The number of aliphatic carboxylic acids is 1. The van der Waals surface area contributed by atoms with Gasteiger partial charge in [-0.05, 0) is 24.0 Å². The molecule has 13 heteroatoms. The lowest BCUT2D eigenvalue weighted by molar-refractivity contribution is -0.139. The molecule has 0 bridgehead atoms. The molecule has 0 unspecified atom stereocenters. The predicted molar refractivity (Wildman–Crippen MR) is 165 cm³/mol. The van der Waals surface area contributed by atoms with Crippen LogP contribution in [0.3, 0.4) is 0 Å². The van der Waals surface area contributed by atoms with Crippen LogP contribution in [0.25, 0.3) is 0 Å². The van der Waals surface area contributed by atoms with Crippen molar-refractivity contribution in [3.05, 3.63) is 71.8 Å². The maximum Gasteiger partial charge on any atom is 0.326 e. The number of carbonyl (C=O) groups excluding carboxylic acids is 4. The number of unbranched alkanes of at least 4 members (excludes halogenated alkanes) is 1. The Morgan fingerprint density at radius 3 is 2.30 bits per heavy atom. The van der Waals surface area contributed by atoms with Crippen LogP contribution in [-0.4, -0.2) is 77.9 Å². The third kappa shape index (κ3) is 10.1. The monoisotopic (exact) mass is 607 g/mol. The van der Waals surface area contributed by atoms with Gasteiger partial charge in [-0.2, -0.15) is 0 Å². The van der Waals surface area contributed by atoms with Crippen molar-refractivity contribution in [2.75, 3.05) is 13.1 Å². The van der Waals surface area contributed by atoms with Crippen molar-refractivity contribution in [3.8, 4) is 0 Å². The van der Waals surface area contributed by atoms with Crippen molar-refractivity contribution in [3.63, 3.8) is 0 Å². The molecule has 0 fully saturated rings. The Morgan fingerprint density at radius 1 is 1.05 bits per heavy atom. The molecule has 2 aromatic rings. The van der Waals surface area contributed by atoms with Crippen molar-refractivity contribution in [1.29, 1.82) is 0 Å². The van der Waals surface area contributed by atoms with E-state index in [0.29, 0.717) is 32.1 Å². The van der Waals surface area contributed by atoms with Gasteiger partial charge in [-0.3, -0.25) is 14.6 Å². The molecule has 0 aliphatic carbocycles. The van der Waals surface area contributed by atoms with Crippen LogP contribution in [0.4, 0.5) is 4.79 Å². The lowest BCUT2D eigenvalue weighted by Gasteiger charge is -2.40. The number of hydrogen-bond acceptors (Lipinski definition) is 8. The number of nitrogens with two attached hydrogens (primary N) is 1. The number of benzene rings is 2. The summed E-state index contributed by atoms with van der Waals surface area (Å²) in [5.74, 6) is -2.27. The number of nitrogens with one attached hydrogen (secondary N) is 5. The highest BCUT2D eigenvalue weighted by molar-refractivity contribution is 5.92. The maximum atomic E-state index is 13.7. The molecule has 1 aliphatic heterocycles. The Kier molecular flexibility index (Phi) is 12.7. The zero-order valence-corrected chi connectivity index (χ0v) is 24.8. The van der Waals surface area contributed by atoms with Crippen molar-refractivity contribution < 1.29 is 29.1 Å².